The lowest BCUT2D eigenvalue weighted by atomic mass is 9.94. The summed E-state index contributed by atoms with van der Waals surface area (Å²) in [4.78, 5) is 4.44. The Kier molecular flexibility index (Phi) is 2.37. The lowest BCUT2D eigenvalue weighted by Gasteiger charge is -2.12. The molecule has 2 nitrogen and oxygen atoms in total. The molecule has 0 aliphatic carbocycles. The van der Waals surface area contributed by atoms with E-state index < -0.39 is 20.6 Å². The van der Waals surface area contributed by atoms with Gasteiger partial charge >= 0.3 is 0 Å². The molecule has 5 aromatic rings. The fourth-order valence-corrected chi connectivity index (χ4v) is 3.71. The molecule has 0 radical (unpaired) electrons. The second kappa shape index (κ2) is 6.59. The van der Waals surface area contributed by atoms with E-state index in [0.29, 0.717) is 22.4 Å². The summed E-state index contributed by atoms with van der Waals surface area (Å²) >= 11 is 0. The molecule has 142 valence electrons. The van der Waals surface area contributed by atoms with Crippen molar-refractivity contribution in [2.45, 2.75) is 27.5 Å². The Morgan fingerprint density at radius 2 is 1.66 bits per heavy atom. The Labute approximate surface area is 183 Å². The first-order chi connectivity index (χ1) is 17.6. The number of para-hydroxylation sites is 1. The minimum absolute atomic E-state index is 0.111. The summed E-state index contributed by atoms with van der Waals surface area (Å²) in [5.41, 5.74) is 3.06. The summed E-state index contributed by atoms with van der Waals surface area (Å²) in [6.45, 7) is -5.85. The average Bonchev–Trinajstić information content (AvgIpc) is 3.19. The zero-order chi connectivity index (χ0) is 27.6. The number of fused-ring (bicyclic) bond motifs is 3. The van der Waals surface area contributed by atoms with Crippen molar-refractivity contribution in [1.29, 1.82) is 0 Å². The molecular weight excluding hydrogens is 354 g/mol. The third kappa shape index (κ3) is 2.92. The molecule has 2 heterocycles. The van der Waals surface area contributed by atoms with Crippen molar-refractivity contribution >= 4 is 21.9 Å². The highest BCUT2D eigenvalue weighted by Crippen LogP contribution is 2.37. The van der Waals surface area contributed by atoms with Crippen LogP contribution in [-0.4, -0.2) is 4.98 Å². The highest BCUT2D eigenvalue weighted by molar-refractivity contribution is 6.09. The SMILES string of the molecule is [2H]C([2H])([2H])c1ccc(-c2cc(-c3cccc4c3oc3cc(C)ccc34)ncc2C([2H])([2H])[2H])c(C([2H])([2H])[2H])c1. The molecule has 0 saturated heterocycles. The van der Waals surface area contributed by atoms with E-state index in [4.69, 9.17) is 16.8 Å². The molecule has 2 aromatic heterocycles. The van der Waals surface area contributed by atoms with Crippen molar-refractivity contribution in [1.82, 2.24) is 4.98 Å². The van der Waals surface area contributed by atoms with Gasteiger partial charge < -0.3 is 4.42 Å². The first kappa shape index (κ1) is 10.4. The fourth-order valence-electron chi connectivity index (χ4n) is 3.71. The van der Waals surface area contributed by atoms with Crippen molar-refractivity contribution < 1.29 is 16.8 Å². The van der Waals surface area contributed by atoms with Gasteiger partial charge in [-0.2, -0.15) is 0 Å². The number of aromatic nitrogens is 1. The number of hydrogen-bond acceptors (Lipinski definition) is 2. The molecule has 0 fully saturated rings. The monoisotopic (exact) mass is 386 g/mol. The van der Waals surface area contributed by atoms with E-state index in [1.54, 1.807) is 6.07 Å². The number of rotatable bonds is 2. The van der Waals surface area contributed by atoms with E-state index in [0.717, 1.165) is 22.4 Å². The van der Waals surface area contributed by atoms with Crippen molar-refractivity contribution in [2.75, 3.05) is 0 Å². The Morgan fingerprint density at radius 1 is 0.759 bits per heavy atom. The molecule has 0 saturated carbocycles. The zero-order valence-electron chi connectivity index (χ0n) is 24.7. The van der Waals surface area contributed by atoms with Crippen molar-refractivity contribution in [3.8, 4) is 22.4 Å². The van der Waals surface area contributed by atoms with E-state index in [9.17, 15) is 0 Å². The van der Waals surface area contributed by atoms with E-state index in [-0.39, 0.29) is 27.8 Å². The maximum Gasteiger partial charge on any atom is 0.144 e. The van der Waals surface area contributed by atoms with Crippen LogP contribution in [0.15, 0.2) is 71.3 Å². The maximum atomic E-state index is 8.07. The van der Waals surface area contributed by atoms with Crippen LogP contribution in [-0.2, 0) is 0 Å². The molecule has 3 aromatic carbocycles. The van der Waals surface area contributed by atoms with Crippen LogP contribution in [0.2, 0.25) is 0 Å². The lowest BCUT2D eigenvalue weighted by molar-refractivity contribution is 0.669. The van der Waals surface area contributed by atoms with Gasteiger partial charge in [0.25, 0.3) is 0 Å². The molecule has 0 N–H and O–H groups in total. The van der Waals surface area contributed by atoms with Crippen molar-refractivity contribution in [3.05, 3.63) is 89.1 Å². The number of nitrogens with zero attached hydrogens (tertiary/aromatic N) is 1. The van der Waals surface area contributed by atoms with Gasteiger partial charge in [-0.25, -0.2) is 0 Å². The smallest absolute Gasteiger partial charge is 0.144 e. The van der Waals surface area contributed by atoms with Crippen LogP contribution in [0, 0.1) is 27.5 Å². The number of aryl methyl sites for hydroxylation is 4. The summed E-state index contributed by atoms with van der Waals surface area (Å²) in [6, 6.07) is 16.8. The van der Waals surface area contributed by atoms with Crippen LogP contribution in [0.4, 0.5) is 0 Å². The third-order valence-corrected chi connectivity index (χ3v) is 5.14. The topological polar surface area (TPSA) is 26.0 Å². The molecule has 0 spiro atoms. The third-order valence-electron chi connectivity index (χ3n) is 5.14. The molecular formula is C27H23NO. The standard InChI is InChI=1S/C27H23NO/c1-16-8-10-20(18(3)12-16)24-14-25(28-15-19(24)4)23-7-5-6-22-21-11-9-17(2)13-26(21)29-27(22)23/h5-15H,1-4H3/i1D3,3D3,4D3. The zero-order valence-corrected chi connectivity index (χ0v) is 15.7. The van der Waals surface area contributed by atoms with Crippen LogP contribution in [0.3, 0.4) is 0 Å². The minimum Gasteiger partial charge on any atom is -0.455 e. The molecule has 0 aliphatic heterocycles. The van der Waals surface area contributed by atoms with E-state index in [2.05, 4.69) is 4.98 Å². The number of furan rings is 1. The fraction of sp³-hybridized carbons (Fsp3) is 0.148. The van der Waals surface area contributed by atoms with Gasteiger partial charge in [-0.05, 0) is 73.5 Å². The first-order valence-electron chi connectivity index (χ1n) is 13.7. The summed E-state index contributed by atoms with van der Waals surface area (Å²) < 4.78 is 77.8. The molecule has 0 aliphatic rings. The molecule has 0 unspecified atom stereocenters. The van der Waals surface area contributed by atoms with Crippen LogP contribution in [0.25, 0.3) is 44.3 Å². The molecule has 5 rings (SSSR count). The molecule has 0 bridgehead atoms. The van der Waals surface area contributed by atoms with E-state index in [1.807, 2.05) is 37.3 Å². The maximum absolute atomic E-state index is 8.07. The van der Waals surface area contributed by atoms with E-state index >= 15 is 0 Å². The molecule has 0 atom stereocenters. The quantitative estimate of drug-likeness (QED) is 0.313. The number of pyridine rings is 1. The predicted molar refractivity (Wildman–Crippen MR) is 121 cm³/mol. The van der Waals surface area contributed by atoms with Crippen LogP contribution in [0.1, 0.15) is 34.6 Å². The largest absolute Gasteiger partial charge is 0.455 e. The Bertz CT molecular complexity index is 1690. The first-order valence-corrected chi connectivity index (χ1v) is 9.23. The number of hydrogen-bond donors (Lipinski definition) is 0. The van der Waals surface area contributed by atoms with Crippen LogP contribution in [0.5, 0.6) is 0 Å². The molecule has 2 heteroatoms. The predicted octanol–water partition coefficient (Wildman–Crippen LogP) is 7.55. The molecule has 0 amide bonds. The van der Waals surface area contributed by atoms with E-state index in [1.165, 1.54) is 24.4 Å². The van der Waals surface area contributed by atoms with Crippen molar-refractivity contribution in [2.24, 2.45) is 0 Å². The summed E-state index contributed by atoms with van der Waals surface area (Å²) in [6.07, 6.45) is 1.23. The highest BCUT2D eigenvalue weighted by atomic mass is 16.3. The Hall–Kier alpha value is -3.39. The van der Waals surface area contributed by atoms with Gasteiger partial charge in [-0.15, -0.1) is 0 Å². The van der Waals surface area contributed by atoms with Gasteiger partial charge in [0, 0.05) is 34.9 Å². The second-order valence-electron chi connectivity index (χ2n) is 7.16. The molecule has 29 heavy (non-hydrogen) atoms. The van der Waals surface area contributed by atoms with Crippen molar-refractivity contribution in [3.63, 3.8) is 0 Å². The Balaban J connectivity index is 1.80. The van der Waals surface area contributed by atoms with Gasteiger partial charge in [0.2, 0.25) is 0 Å². The number of benzene rings is 3. The van der Waals surface area contributed by atoms with Crippen LogP contribution < -0.4 is 0 Å². The van der Waals surface area contributed by atoms with Crippen LogP contribution >= 0.6 is 0 Å². The van der Waals surface area contributed by atoms with Gasteiger partial charge in [0.1, 0.15) is 11.2 Å². The average molecular weight is 387 g/mol. The summed E-state index contributed by atoms with van der Waals surface area (Å²) in [5.74, 6) is 0. The summed E-state index contributed by atoms with van der Waals surface area (Å²) in [7, 11) is 0. The van der Waals surface area contributed by atoms with Gasteiger partial charge in [-0.3, -0.25) is 4.98 Å². The normalized spacial score (nSPS) is 17.3. The second-order valence-corrected chi connectivity index (χ2v) is 7.16. The minimum atomic E-state index is -2.69. The van der Waals surface area contributed by atoms with Gasteiger partial charge in [0.05, 0.1) is 5.69 Å². The highest BCUT2D eigenvalue weighted by Gasteiger charge is 2.15. The summed E-state index contributed by atoms with van der Waals surface area (Å²) in [5, 5.41) is 1.79. The van der Waals surface area contributed by atoms with Gasteiger partial charge in [0.15, 0.2) is 0 Å². The Morgan fingerprint density at radius 3 is 2.52 bits per heavy atom. The lowest BCUT2D eigenvalue weighted by Crippen LogP contribution is -1.92. The van der Waals surface area contributed by atoms with Gasteiger partial charge in [-0.1, -0.05) is 48.0 Å².